The number of hydrogen-bond donors (Lipinski definition) is 0. The first-order valence-corrected chi connectivity index (χ1v) is 6.50. The Balaban J connectivity index is 2.52. The molecule has 0 saturated carbocycles. The highest BCUT2D eigenvalue weighted by atomic mass is 16.5. The summed E-state index contributed by atoms with van der Waals surface area (Å²) in [6.45, 7) is 4.41. The molecule has 3 nitrogen and oxygen atoms in total. The topological polar surface area (TPSA) is 35.5 Å². The van der Waals surface area contributed by atoms with E-state index in [1.54, 1.807) is 6.26 Å². The van der Waals surface area contributed by atoms with Crippen molar-refractivity contribution < 1.29 is 14.3 Å². The van der Waals surface area contributed by atoms with Crippen LogP contribution in [-0.4, -0.2) is 12.6 Å². The highest BCUT2D eigenvalue weighted by molar-refractivity contribution is 5.89. The third kappa shape index (κ3) is 4.63. The largest absolute Gasteiger partial charge is 0.469 e. The fraction of sp³-hybridized carbons (Fsp3) is 0.643. The van der Waals surface area contributed by atoms with Gasteiger partial charge < -0.3 is 9.47 Å². The molecular formula is C14H22O3. The van der Waals surface area contributed by atoms with Gasteiger partial charge in [-0.15, -0.1) is 0 Å². The average molecular weight is 238 g/mol. The van der Waals surface area contributed by atoms with Crippen LogP contribution in [0.2, 0.25) is 0 Å². The van der Waals surface area contributed by atoms with Crippen molar-refractivity contribution in [2.75, 3.05) is 6.61 Å². The lowest BCUT2D eigenvalue weighted by Gasteiger charge is -2.15. The molecule has 3 heteroatoms. The molecule has 0 spiro atoms. The van der Waals surface area contributed by atoms with Crippen LogP contribution in [-0.2, 0) is 14.3 Å². The zero-order valence-corrected chi connectivity index (χ0v) is 10.8. The maximum Gasteiger partial charge on any atom is 0.337 e. The molecule has 0 aliphatic carbocycles. The number of unbranched alkanes of at least 4 members (excludes halogenated alkanes) is 3. The third-order valence-corrected chi connectivity index (χ3v) is 2.74. The Bertz CT molecular complexity index is 303. The van der Waals surface area contributed by atoms with Crippen LogP contribution in [0.1, 0.15) is 52.4 Å². The van der Waals surface area contributed by atoms with Gasteiger partial charge in [-0.1, -0.05) is 26.2 Å². The predicted molar refractivity (Wildman–Crippen MR) is 67.3 cm³/mol. The molecule has 0 aromatic heterocycles. The van der Waals surface area contributed by atoms with Gasteiger partial charge in [0.1, 0.15) is 5.76 Å². The molecule has 0 unspecified atom stereocenters. The molecule has 0 amide bonds. The molecule has 0 N–H and O–H groups in total. The van der Waals surface area contributed by atoms with Crippen LogP contribution in [0.15, 0.2) is 23.7 Å². The second-order valence-electron chi connectivity index (χ2n) is 4.13. The first-order chi connectivity index (χ1) is 8.29. The van der Waals surface area contributed by atoms with E-state index < -0.39 is 0 Å². The minimum atomic E-state index is -0.234. The van der Waals surface area contributed by atoms with Crippen LogP contribution in [0.3, 0.4) is 0 Å². The van der Waals surface area contributed by atoms with Crippen LogP contribution in [0.4, 0.5) is 0 Å². The lowest BCUT2D eigenvalue weighted by molar-refractivity contribution is -0.138. The molecule has 1 aliphatic rings. The molecule has 1 aliphatic heterocycles. The number of rotatable bonds is 7. The maximum atomic E-state index is 11.7. The van der Waals surface area contributed by atoms with E-state index in [0.29, 0.717) is 18.6 Å². The minimum absolute atomic E-state index is 0.234. The van der Waals surface area contributed by atoms with Crippen LogP contribution < -0.4 is 0 Å². The smallest absolute Gasteiger partial charge is 0.337 e. The van der Waals surface area contributed by atoms with Crippen LogP contribution in [0.5, 0.6) is 0 Å². The highest BCUT2D eigenvalue weighted by Crippen LogP contribution is 2.23. The van der Waals surface area contributed by atoms with E-state index in [1.165, 1.54) is 19.3 Å². The number of carbonyl (C=O) groups is 1. The summed E-state index contributed by atoms with van der Waals surface area (Å²) in [6.07, 6.45) is 9.67. The Kier molecular flexibility index (Phi) is 6.45. The van der Waals surface area contributed by atoms with Crippen LogP contribution in [0.25, 0.3) is 0 Å². The van der Waals surface area contributed by atoms with E-state index in [-0.39, 0.29) is 5.97 Å². The molecule has 0 fully saturated rings. The molecular weight excluding hydrogens is 216 g/mol. The van der Waals surface area contributed by atoms with Gasteiger partial charge in [0.15, 0.2) is 0 Å². The van der Waals surface area contributed by atoms with Crippen LogP contribution in [0, 0.1) is 0 Å². The zero-order valence-electron chi connectivity index (χ0n) is 10.8. The molecule has 0 saturated heterocycles. The molecule has 0 atom stereocenters. The quantitative estimate of drug-likeness (QED) is 0.501. The fourth-order valence-corrected chi connectivity index (χ4v) is 1.82. The summed E-state index contributed by atoms with van der Waals surface area (Å²) >= 11 is 0. The summed E-state index contributed by atoms with van der Waals surface area (Å²) < 4.78 is 10.5. The number of esters is 1. The summed E-state index contributed by atoms with van der Waals surface area (Å²) in [7, 11) is 0. The summed E-state index contributed by atoms with van der Waals surface area (Å²) in [5.41, 5.74) is 0.686. The standard InChI is InChI=1S/C14H22O3/c1-3-5-6-7-10-13-12(9-8-11-17-13)14(15)16-4-2/h8,11H,3-7,9-10H2,1-2H3. The van der Waals surface area contributed by atoms with Gasteiger partial charge in [0.2, 0.25) is 0 Å². The molecule has 1 rings (SSSR count). The second kappa shape index (κ2) is 7.93. The zero-order chi connectivity index (χ0) is 12.5. The summed E-state index contributed by atoms with van der Waals surface area (Å²) in [4.78, 5) is 11.7. The van der Waals surface area contributed by atoms with Crippen molar-refractivity contribution in [1.82, 2.24) is 0 Å². The van der Waals surface area contributed by atoms with Gasteiger partial charge in [-0.2, -0.15) is 0 Å². The first kappa shape index (κ1) is 13.8. The van der Waals surface area contributed by atoms with Crippen molar-refractivity contribution in [3.8, 4) is 0 Å². The van der Waals surface area contributed by atoms with E-state index in [4.69, 9.17) is 9.47 Å². The Morgan fingerprint density at radius 2 is 2.18 bits per heavy atom. The fourth-order valence-electron chi connectivity index (χ4n) is 1.82. The van der Waals surface area contributed by atoms with E-state index in [1.807, 2.05) is 13.0 Å². The first-order valence-electron chi connectivity index (χ1n) is 6.50. The normalized spacial score (nSPS) is 14.7. The molecule has 0 aromatic carbocycles. The van der Waals surface area contributed by atoms with Crippen molar-refractivity contribution in [1.29, 1.82) is 0 Å². The van der Waals surface area contributed by atoms with E-state index >= 15 is 0 Å². The van der Waals surface area contributed by atoms with E-state index in [2.05, 4.69) is 6.92 Å². The van der Waals surface area contributed by atoms with E-state index in [9.17, 15) is 4.79 Å². The van der Waals surface area contributed by atoms with Crippen molar-refractivity contribution in [2.24, 2.45) is 0 Å². The number of hydrogen-bond acceptors (Lipinski definition) is 3. The highest BCUT2D eigenvalue weighted by Gasteiger charge is 2.18. The molecule has 0 radical (unpaired) electrons. The Hall–Kier alpha value is -1.25. The van der Waals surface area contributed by atoms with Crippen LogP contribution >= 0.6 is 0 Å². The van der Waals surface area contributed by atoms with Gasteiger partial charge >= 0.3 is 5.97 Å². The number of ether oxygens (including phenoxy) is 2. The maximum absolute atomic E-state index is 11.7. The second-order valence-corrected chi connectivity index (χ2v) is 4.13. The van der Waals surface area contributed by atoms with Gasteiger partial charge in [-0.3, -0.25) is 0 Å². The van der Waals surface area contributed by atoms with E-state index in [0.717, 1.165) is 18.6 Å². The Labute approximate surface area is 103 Å². The lowest BCUT2D eigenvalue weighted by Crippen LogP contribution is -2.12. The predicted octanol–water partition coefficient (Wildman–Crippen LogP) is 3.71. The molecule has 0 bridgehead atoms. The lowest BCUT2D eigenvalue weighted by atomic mass is 10.0. The van der Waals surface area contributed by atoms with Gasteiger partial charge in [-0.25, -0.2) is 4.79 Å². The number of carbonyl (C=O) groups excluding carboxylic acids is 1. The molecule has 17 heavy (non-hydrogen) atoms. The minimum Gasteiger partial charge on any atom is -0.469 e. The van der Waals surface area contributed by atoms with Crippen molar-refractivity contribution in [2.45, 2.75) is 52.4 Å². The van der Waals surface area contributed by atoms with Gasteiger partial charge in [0.05, 0.1) is 18.4 Å². The monoisotopic (exact) mass is 238 g/mol. The summed E-state index contributed by atoms with van der Waals surface area (Å²) in [5, 5.41) is 0. The number of allylic oxidation sites excluding steroid dienone is 2. The molecule has 96 valence electrons. The van der Waals surface area contributed by atoms with Crippen molar-refractivity contribution in [3.63, 3.8) is 0 Å². The third-order valence-electron chi connectivity index (χ3n) is 2.74. The molecule has 0 aromatic rings. The molecule has 1 heterocycles. The average Bonchev–Trinajstić information content (AvgIpc) is 2.35. The van der Waals surface area contributed by atoms with Gasteiger partial charge in [0.25, 0.3) is 0 Å². The van der Waals surface area contributed by atoms with Gasteiger partial charge in [0, 0.05) is 12.8 Å². The SMILES string of the molecule is CCCCCCC1=C(C(=O)OCC)CC=CO1. The Morgan fingerprint density at radius 3 is 2.88 bits per heavy atom. The van der Waals surface area contributed by atoms with Gasteiger partial charge in [-0.05, 0) is 19.4 Å². The van der Waals surface area contributed by atoms with Crippen molar-refractivity contribution in [3.05, 3.63) is 23.7 Å². The summed E-state index contributed by atoms with van der Waals surface area (Å²) in [6, 6.07) is 0. The van der Waals surface area contributed by atoms with Crippen molar-refractivity contribution >= 4 is 5.97 Å². The summed E-state index contributed by atoms with van der Waals surface area (Å²) in [5.74, 6) is 0.560. The Morgan fingerprint density at radius 1 is 1.35 bits per heavy atom.